The first kappa shape index (κ1) is 18.3. The molecule has 124 valence electrons. The summed E-state index contributed by atoms with van der Waals surface area (Å²) >= 11 is 0.784. The summed E-state index contributed by atoms with van der Waals surface area (Å²) in [5.74, 6) is -1.14. The lowest BCUT2D eigenvalue weighted by molar-refractivity contribution is 0.0128. The highest BCUT2D eigenvalue weighted by Crippen LogP contribution is 2.25. The fourth-order valence-electron chi connectivity index (χ4n) is 1.52. The average molecular weight is 332 g/mol. The molecule has 1 heterocycles. The number of aryl methyl sites for hydroxylation is 1. The maximum absolute atomic E-state index is 11.5. The minimum absolute atomic E-state index is 0.00125. The van der Waals surface area contributed by atoms with Crippen LogP contribution in [-0.2, 0) is 4.74 Å². The molecular weight excluding hydrogens is 312 g/mol. The lowest BCUT2D eigenvalue weighted by atomic mass is 10.2. The SMILES string of the molecule is Cc1nc(C(O)C(O)CNC(=O)OC(C)(C)C)sc1C(=O)O. The average Bonchev–Trinajstić information content (AvgIpc) is 2.75. The van der Waals surface area contributed by atoms with Crippen LogP contribution in [0.15, 0.2) is 0 Å². The Morgan fingerprint density at radius 1 is 1.36 bits per heavy atom. The van der Waals surface area contributed by atoms with Gasteiger partial charge < -0.3 is 25.4 Å². The number of aromatic nitrogens is 1. The molecule has 0 aliphatic carbocycles. The van der Waals surface area contributed by atoms with Gasteiger partial charge in [0.1, 0.15) is 27.7 Å². The lowest BCUT2D eigenvalue weighted by Gasteiger charge is -2.21. The van der Waals surface area contributed by atoms with Gasteiger partial charge in [-0.3, -0.25) is 0 Å². The van der Waals surface area contributed by atoms with Crippen LogP contribution in [0, 0.1) is 6.92 Å². The zero-order chi connectivity index (χ0) is 17.1. The number of aromatic carboxylic acids is 1. The number of ether oxygens (including phenoxy) is 1. The summed E-state index contributed by atoms with van der Waals surface area (Å²) in [6, 6.07) is 0. The zero-order valence-corrected chi connectivity index (χ0v) is 13.6. The smallest absolute Gasteiger partial charge is 0.407 e. The summed E-state index contributed by atoms with van der Waals surface area (Å²) in [5, 5.41) is 31.2. The number of hydrogen-bond donors (Lipinski definition) is 4. The number of aliphatic hydroxyl groups is 2. The Morgan fingerprint density at radius 3 is 2.41 bits per heavy atom. The van der Waals surface area contributed by atoms with Crippen LogP contribution in [0.2, 0.25) is 0 Å². The Hall–Kier alpha value is -1.71. The molecule has 0 fully saturated rings. The molecule has 8 nitrogen and oxygen atoms in total. The van der Waals surface area contributed by atoms with Gasteiger partial charge in [-0.05, 0) is 27.7 Å². The molecule has 0 bridgehead atoms. The van der Waals surface area contributed by atoms with E-state index in [0.717, 1.165) is 11.3 Å². The molecule has 4 N–H and O–H groups in total. The molecule has 0 aliphatic rings. The third-order valence-electron chi connectivity index (χ3n) is 2.48. The highest BCUT2D eigenvalue weighted by molar-refractivity contribution is 7.13. The fourth-order valence-corrected chi connectivity index (χ4v) is 2.47. The molecule has 1 aromatic heterocycles. The van der Waals surface area contributed by atoms with Crippen molar-refractivity contribution >= 4 is 23.4 Å². The van der Waals surface area contributed by atoms with Crippen molar-refractivity contribution in [3.8, 4) is 0 Å². The number of carbonyl (C=O) groups excluding carboxylic acids is 1. The van der Waals surface area contributed by atoms with E-state index in [2.05, 4.69) is 10.3 Å². The number of thiazole rings is 1. The molecule has 2 atom stereocenters. The number of carboxylic acid groups (broad SMARTS) is 1. The van der Waals surface area contributed by atoms with E-state index in [-0.39, 0.29) is 22.1 Å². The van der Waals surface area contributed by atoms with Crippen molar-refractivity contribution < 1.29 is 29.6 Å². The molecule has 22 heavy (non-hydrogen) atoms. The second-order valence-corrected chi connectivity index (χ2v) is 6.70. The molecule has 0 aliphatic heterocycles. The Balaban J connectivity index is 2.62. The first-order valence-corrected chi connectivity index (χ1v) is 7.36. The predicted molar refractivity (Wildman–Crippen MR) is 79.0 cm³/mol. The Labute approximate surface area is 131 Å². The molecule has 1 aromatic rings. The zero-order valence-electron chi connectivity index (χ0n) is 12.8. The summed E-state index contributed by atoms with van der Waals surface area (Å²) in [4.78, 5) is 26.3. The Kier molecular flexibility index (Phi) is 5.86. The molecule has 9 heteroatoms. The van der Waals surface area contributed by atoms with Crippen molar-refractivity contribution in [1.82, 2.24) is 10.3 Å². The van der Waals surface area contributed by atoms with Crippen molar-refractivity contribution in [1.29, 1.82) is 0 Å². The maximum atomic E-state index is 11.5. The molecule has 0 saturated carbocycles. The van der Waals surface area contributed by atoms with E-state index in [4.69, 9.17) is 9.84 Å². The van der Waals surface area contributed by atoms with E-state index in [1.165, 1.54) is 6.92 Å². The minimum atomic E-state index is -1.40. The van der Waals surface area contributed by atoms with Crippen LogP contribution < -0.4 is 5.32 Å². The van der Waals surface area contributed by atoms with Gasteiger partial charge in [0.25, 0.3) is 0 Å². The van der Waals surface area contributed by atoms with Crippen LogP contribution in [0.1, 0.15) is 47.2 Å². The molecule has 1 rings (SSSR count). The number of hydrogen-bond acceptors (Lipinski definition) is 7. The largest absolute Gasteiger partial charge is 0.477 e. The summed E-state index contributed by atoms with van der Waals surface area (Å²) in [5.41, 5.74) is -0.407. The molecule has 2 unspecified atom stereocenters. The highest BCUT2D eigenvalue weighted by atomic mass is 32.1. The first-order chi connectivity index (χ1) is 10.0. The lowest BCUT2D eigenvalue weighted by Crippen LogP contribution is -2.38. The first-order valence-electron chi connectivity index (χ1n) is 6.55. The number of aliphatic hydroxyl groups excluding tert-OH is 2. The second kappa shape index (κ2) is 7.03. The van der Waals surface area contributed by atoms with Gasteiger partial charge in [0, 0.05) is 6.54 Å². The fraction of sp³-hybridized carbons (Fsp3) is 0.615. The summed E-state index contributed by atoms with van der Waals surface area (Å²) in [7, 11) is 0. The van der Waals surface area contributed by atoms with Crippen LogP contribution >= 0.6 is 11.3 Å². The summed E-state index contributed by atoms with van der Waals surface area (Å²) in [6.07, 6.45) is -3.45. The number of rotatable bonds is 5. The Morgan fingerprint density at radius 2 is 1.95 bits per heavy atom. The molecule has 0 saturated heterocycles. The van der Waals surface area contributed by atoms with Crippen molar-refractivity contribution in [3.05, 3.63) is 15.6 Å². The van der Waals surface area contributed by atoms with Gasteiger partial charge in [-0.15, -0.1) is 11.3 Å². The van der Waals surface area contributed by atoms with Crippen LogP contribution in [-0.4, -0.2) is 50.6 Å². The van der Waals surface area contributed by atoms with Gasteiger partial charge in [0.05, 0.1) is 5.69 Å². The van der Waals surface area contributed by atoms with Crippen molar-refractivity contribution in [2.75, 3.05) is 6.54 Å². The van der Waals surface area contributed by atoms with E-state index in [9.17, 15) is 19.8 Å². The number of nitrogens with zero attached hydrogens (tertiary/aromatic N) is 1. The molecule has 0 aromatic carbocycles. The third kappa shape index (κ3) is 5.24. The molecular formula is C13H20N2O6S. The van der Waals surface area contributed by atoms with Crippen LogP contribution in [0.4, 0.5) is 4.79 Å². The van der Waals surface area contributed by atoms with Gasteiger partial charge in [0.15, 0.2) is 0 Å². The highest BCUT2D eigenvalue weighted by Gasteiger charge is 2.26. The molecule has 1 amide bonds. The molecule has 0 spiro atoms. The number of nitrogens with one attached hydrogen (secondary N) is 1. The van der Waals surface area contributed by atoms with Crippen molar-refractivity contribution in [2.45, 2.75) is 45.5 Å². The van der Waals surface area contributed by atoms with Crippen molar-refractivity contribution in [3.63, 3.8) is 0 Å². The normalized spacial score (nSPS) is 14.3. The molecule has 0 radical (unpaired) electrons. The van der Waals surface area contributed by atoms with E-state index >= 15 is 0 Å². The topological polar surface area (TPSA) is 129 Å². The van der Waals surface area contributed by atoms with Gasteiger partial charge >= 0.3 is 12.1 Å². The Bertz CT molecular complexity index is 551. The second-order valence-electron chi connectivity index (χ2n) is 5.67. The van der Waals surface area contributed by atoms with E-state index in [1.807, 2.05) is 0 Å². The number of carboxylic acids is 1. The van der Waals surface area contributed by atoms with Crippen LogP contribution in [0.5, 0.6) is 0 Å². The van der Waals surface area contributed by atoms with E-state index < -0.39 is 29.9 Å². The minimum Gasteiger partial charge on any atom is -0.477 e. The number of carbonyl (C=O) groups is 2. The number of alkyl carbamates (subject to hydrolysis) is 1. The quantitative estimate of drug-likeness (QED) is 0.634. The van der Waals surface area contributed by atoms with E-state index in [0.29, 0.717) is 0 Å². The summed E-state index contributed by atoms with van der Waals surface area (Å²) < 4.78 is 4.99. The number of amides is 1. The standard InChI is InChI=1S/C13H20N2O6S/c1-6-9(11(18)19)22-10(15-6)8(17)7(16)5-14-12(20)21-13(2,3)4/h7-8,16-17H,5H2,1-4H3,(H,14,20)(H,18,19). The maximum Gasteiger partial charge on any atom is 0.407 e. The van der Waals surface area contributed by atoms with Crippen LogP contribution in [0.25, 0.3) is 0 Å². The monoisotopic (exact) mass is 332 g/mol. The van der Waals surface area contributed by atoms with Gasteiger partial charge in [-0.1, -0.05) is 0 Å². The predicted octanol–water partition coefficient (Wildman–Crippen LogP) is 1.07. The van der Waals surface area contributed by atoms with Crippen LogP contribution in [0.3, 0.4) is 0 Å². The van der Waals surface area contributed by atoms with Gasteiger partial charge in [-0.25, -0.2) is 14.6 Å². The van der Waals surface area contributed by atoms with Gasteiger partial charge in [0.2, 0.25) is 0 Å². The third-order valence-corrected chi connectivity index (χ3v) is 3.70. The van der Waals surface area contributed by atoms with Gasteiger partial charge in [-0.2, -0.15) is 0 Å². The van der Waals surface area contributed by atoms with Crippen molar-refractivity contribution in [2.24, 2.45) is 0 Å². The summed E-state index contributed by atoms with van der Waals surface area (Å²) in [6.45, 7) is 6.34. The van der Waals surface area contributed by atoms with E-state index in [1.54, 1.807) is 20.8 Å².